The molecule has 2 atom stereocenters. The molecule has 2 amide bonds. The Labute approximate surface area is 306 Å². The lowest BCUT2D eigenvalue weighted by Crippen LogP contribution is -2.32. The van der Waals surface area contributed by atoms with Crippen molar-refractivity contribution in [3.05, 3.63) is 89.5 Å². The van der Waals surface area contributed by atoms with Crippen LogP contribution in [0.4, 0.5) is 21.9 Å². The highest BCUT2D eigenvalue weighted by molar-refractivity contribution is 7.47. The van der Waals surface area contributed by atoms with Crippen LogP contribution in [0.25, 0.3) is 0 Å². The molecule has 3 N–H and O–H groups in total. The molecule has 0 saturated heterocycles. The highest BCUT2D eigenvalue weighted by atomic mass is 31.2. The van der Waals surface area contributed by atoms with Gasteiger partial charge < -0.3 is 29.9 Å². The normalized spacial score (nSPS) is 15.0. The van der Waals surface area contributed by atoms with Crippen LogP contribution in [-0.2, 0) is 39.3 Å². The number of urea groups is 1. The number of phosphoric ester groups is 1. The van der Waals surface area contributed by atoms with Crippen molar-refractivity contribution in [2.45, 2.75) is 85.4 Å². The first kappa shape index (κ1) is 40.5. The Balaban J connectivity index is 1.39. The smallest absolute Gasteiger partial charge is 0.428 e. The van der Waals surface area contributed by atoms with E-state index in [0.29, 0.717) is 35.2 Å². The Hall–Kier alpha value is -4.22. The van der Waals surface area contributed by atoms with Gasteiger partial charge in [0.15, 0.2) is 5.60 Å². The predicted octanol–water partition coefficient (Wildman–Crippen LogP) is 8.55. The molecule has 282 valence electrons. The number of carbonyl (C=O) groups is 3. The standard InChI is InChI=1S/C39H52N3O9P/c1-7-31(22-36(43)48-26-49-37(44)39(19-20-39)51-52(46,47)50-25-30-11-9-8-10-12-30)32-15-18-35(42(23-27(2)3)24-28(4)5)34(21-32)41-38(45)40-33-16-13-29(6)14-17-33/h8-18,21,27-28,31H,7,19-20,22-26H2,1-6H3,(H,46,47)(H2,40,41,45). The minimum Gasteiger partial charge on any atom is -0.428 e. The number of ether oxygens (including phenoxy) is 2. The van der Waals surface area contributed by atoms with Gasteiger partial charge in [-0.15, -0.1) is 0 Å². The maximum absolute atomic E-state index is 13.2. The number of hydrogen-bond donors (Lipinski definition) is 3. The van der Waals surface area contributed by atoms with Gasteiger partial charge in [0.25, 0.3) is 0 Å². The molecule has 0 spiro atoms. The Morgan fingerprint density at radius 2 is 1.56 bits per heavy atom. The minimum atomic E-state index is -4.58. The van der Waals surface area contributed by atoms with Crippen molar-refractivity contribution in [2.24, 2.45) is 11.8 Å². The van der Waals surface area contributed by atoms with Crippen LogP contribution in [-0.4, -0.2) is 48.3 Å². The second-order valence-electron chi connectivity index (χ2n) is 14.1. The molecule has 2 unspecified atom stereocenters. The molecule has 3 aromatic rings. The van der Waals surface area contributed by atoms with Crippen LogP contribution >= 0.6 is 7.82 Å². The van der Waals surface area contributed by atoms with E-state index in [1.54, 1.807) is 30.3 Å². The average molecular weight is 738 g/mol. The summed E-state index contributed by atoms with van der Waals surface area (Å²) < 4.78 is 33.2. The molecule has 13 heteroatoms. The number of nitrogens with one attached hydrogen (secondary N) is 2. The number of carbonyl (C=O) groups excluding carboxylic acids is 3. The number of esters is 2. The fourth-order valence-corrected chi connectivity index (χ4v) is 6.78. The van der Waals surface area contributed by atoms with Gasteiger partial charge in [0.1, 0.15) is 0 Å². The van der Waals surface area contributed by atoms with Crippen LogP contribution in [0.5, 0.6) is 0 Å². The van der Waals surface area contributed by atoms with Crippen molar-refractivity contribution >= 4 is 42.9 Å². The number of hydrogen-bond acceptors (Lipinski definition) is 9. The van der Waals surface area contributed by atoms with Crippen molar-refractivity contribution in [2.75, 3.05) is 35.4 Å². The number of amides is 2. The summed E-state index contributed by atoms with van der Waals surface area (Å²) in [4.78, 5) is 51.4. The van der Waals surface area contributed by atoms with Gasteiger partial charge in [-0.05, 0) is 79.3 Å². The molecule has 52 heavy (non-hydrogen) atoms. The van der Waals surface area contributed by atoms with Crippen LogP contribution in [0.3, 0.4) is 0 Å². The Kier molecular flexibility index (Phi) is 14.4. The molecule has 4 rings (SSSR count). The van der Waals surface area contributed by atoms with E-state index in [-0.39, 0.29) is 37.8 Å². The SMILES string of the molecule is CCC(CC(=O)OCOC(=O)C1(OP(=O)(O)OCc2ccccc2)CC1)c1ccc(N(CC(C)C)CC(C)C)c(NC(=O)Nc2ccc(C)cc2)c1. The molecular weight excluding hydrogens is 685 g/mol. The lowest BCUT2D eigenvalue weighted by atomic mass is 9.92. The minimum absolute atomic E-state index is 0.00901. The largest absolute Gasteiger partial charge is 0.473 e. The zero-order chi connectivity index (χ0) is 37.9. The average Bonchev–Trinajstić information content (AvgIpc) is 3.87. The Morgan fingerprint density at radius 3 is 2.15 bits per heavy atom. The fourth-order valence-electron chi connectivity index (χ4n) is 5.72. The first-order chi connectivity index (χ1) is 24.7. The van der Waals surface area contributed by atoms with E-state index < -0.39 is 32.2 Å². The molecule has 0 radical (unpaired) electrons. The van der Waals surface area contributed by atoms with E-state index in [0.717, 1.165) is 29.9 Å². The molecule has 1 aliphatic rings. The molecule has 0 aromatic heterocycles. The van der Waals surface area contributed by atoms with Gasteiger partial charge in [0, 0.05) is 18.8 Å². The second kappa shape index (κ2) is 18.5. The van der Waals surface area contributed by atoms with Crippen LogP contribution in [0.2, 0.25) is 0 Å². The highest BCUT2D eigenvalue weighted by Gasteiger charge is 2.57. The summed E-state index contributed by atoms with van der Waals surface area (Å²) in [5.74, 6) is -1.01. The predicted molar refractivity (Wildman–Crippen MR) is 201 cm³/mol. The van der Waals surface area contributed by atoms with Gasteiger partial charge in [-0.25, -0.2) is 14.2 Å². The van der Waals surface area contributed by atoms with Crippen molar-refractivity contribution < 1.29 is 42.4 Å². The number of nitrogens with zero attached hydrogens (tertiary/aromatic N) is 1. The van der Waals surface area contributed by atoms with Crippen LogP contribution in [0.15, 0.2) is 72.8 Å². The molecule has 12 nitrogen and oxygen atoms in total. The molecule has 3 aromatic carbocycles. The summed E-state index contributed by atoms with van der Waals surface area (Å²) in [5.41, 5.74) is 3.11. The van der Waals surface area contributed by atoms with Gasteiger partial charge in [-0.2, -0.15) is 0 Å². The Morgan fingerprint density at radius 1 is 0.904 bits per heavy atom. The van der Waals surface area contributed by atoms with E-state index in [1.165, 1.54) is 0 Å². The molecule has 0 heterocycles. The maximum Gasteiger partial charge on any atom is 0.473 e. The summed E-state index contributed by atoms with van der Waals surface area (Å²) in [7, 11) is -4.58. The zero-order valence-corrected chi connectivity index (χ0v) is 31.8. The van der Waals surface area contributed by atoms with E-state index in [1.807, 2.05) is 56.3 Å². The molecule has 1 aliphatic carbocycles. The van der Waals surface area contributed by atoms with Crippen LogP contribution in [0.1, 0.15) is 82.9 Å². The number of benzene rings is 3. The number of phosphoric acid groups is 1. The lowest BCUT2D eigenvalue weighted by molar-refractivity contribution is -0.174. The van der Waals surface area contributed by atoms with E-state index in [2.05, 4.69) is 43.2 Å². The van der Waals surface area contributed by atoms with E-state index in [9.17, 15) is 23.8 Å². The van der Waals surface area contributed by atoms with Gasteiger partial charge >= 0.3 is 25.8 Å². The van der Waals surface area contributed by atoms with Gasteiger partial charge in [-0.1, -0.05) is 88.7 Å². The summed E-state index contributed by atoms with van der Waals surface area (Å²) in [6.07, 6.45) is 0.914. The number of rotatable bonds is 19. The fraction of sp³-hybridized carbons (Fsp3) is 0.462. The zero-order valence-electron chi connectivity index (χ0n) is 30.9. The third kappa shape index (κ3) is 12.5. The van der Waals surface area contributed by atoms with Crippen LogP contribution < -0.4 is 15.5 Å². The molecular formula is C39H52N3O9P. The quantitative estimate of drug-likeness (QED) is 0.0620. The third-order valence-electron chi connectivity index (χ3n) is 8.48. The summed E-state index contributed by atoms with van der Waals surface area (Å²) in [6.45, 7) is 13.3. The van der Waals surface area contributed by atoms with Gasteiger partial charge in [-0.3, -0.25) is 13.8 Å². The van der Waals surface area contributed by atoms with Crippen LogP contribution in [0, 0.1) is 18.8 Å². The number of anilines is 3. The summed E-state index contributed by atoms with van der Waals surface area (Å²) >= 11 is 0. The van der Waals surface area contributed by atoms with Crippen molar-refractivity contribution in [3.8, 4) is 0 Å². The van der Waals surface area contributed by atoms with Crippen molar-refractivity contribution in [3.63, 3.8) is 0 Å². The Bertz CT molecular complexity index is 1680. The molecule has 1 fully saturated rings. The van der Waals surface area contributed by atoms with Crippen molar-refractivity contribution in [1.82, 2.24) is 0 Å². The summed E-state index contributed by atoms with van der Waals surface area (Å²) in [5, 5.41) is 5.95. The second-order valence-corrected chi connectivity index (χ2v) is 15.5. The van der Waals surface area contributed by atoms with E-state index >= 15 is 0 Å². The molecule has 1 saturated carbocycles. The topological polar surface area (TPSA) is 153 Å². The molecule has 0 bridgehead atoms. The van der Waals surface area contributed by atoms with E-state index in [4.69, 9.17) is 18.5 Å². The third-order valence-corrected chi connectivity index (χ3v) is 9.52. The lowest BCUT2D eigenvalue weighted by Gasteiger charge is -2.31. The van der Waals surface area contributed by atoms with Gasteiger partial charge in [0.2, 0.25) is 6.79 Å². The first-order valence-corrected chi connectivity index (χ1v) is 19.3. The number of aryl methyl sites for hydroxylation is 1. The summed E-state index contributed by atoms with van der Waals surface area (Å²) in [6, 6.07) is 21.8. The monoisotopic (exact) mass is 737 g/mol. The first-order valence-electron chi connectivity index (χ1n) is 17.8. The van der Waals surface area contributed by atoms with Crippen molar-refractivity contribution in [1.29, 1.82) is 0 Å². The highest BCUT2D eigenvalue weighted by Crippen LogP contribution is 2.56. The van der Waals surface area contributed by atoms with Gasteiger partial charge in [0.05, 0.1) is 24.4 Å². The maximum atomic E-state index is 13.2. The molecule has 0 aliphatic heterocycles.